The Morgan fingerprint density at radius 3 is 2.74 bits per heavy atom. The predicted molar refractivity (Wildman–Crippen MR) is 122 cm³/mol. The molecule has 0 radical (unpaired) electrons. The van der Waals surface area contributed by atoms with Gasteiger partial charge in [-0.2, -0.15) is 5.10 Å². The van der Waals surface area contributed by atoms with Crippen LogP contribution < -0.4 is 4.74 Å². The SMILES string of the molecule is COc1cncc(-c2cnc3[nH]nc(-c4cc5c(-c6cccs6)ccnc5[nH]4)c3c2)c1. The van der Waals surface area contributed by atoms with Crippen molar-refractivity contribution in [2.75, 3.05) is 7.11 Å². The van der Waals surface area contributed by atoms with Crippen molar-refractivity contribution >= 4 is 33.4 Å². The van der Waals surface area contributed by atoms with Gasteiger partial charge in [-0.1, -0.05) is 6.07 Å². The molecule has 0 unspecified atom stereocenters. The number of H-pyrrole nitrogens is 2. The van der Waals surface area contributed by atoms with Crippen LogP contribution in [-0.2, 0) is 0 Å². The molecular weight excluding hydrogens is 408 g/mol. The molecule has 8 heteroatoms. The van der Waals surface area contributed by atoms with Crippen molar-refractivity contribution < 1.29 is 4.74 Å². The highest BCUT2D eigenvalue weighted by Gasteiger charge is 2.16. The zero-order valence-electron chi connectivity index (χ0n) is 16.5. The van der Waals surface area contributed by atoms with Crippen LogP contribution in [0.4, 0.5) is 0 Å². The van der Waals surface area contributed by atoms with E-state index in [-0.39, 0.29) is 0 Å². The maximum atomic E-state index is 5.30. The number of aromatic nitrogens is 6. The molecule has 0 saturated carbocycles. The molecule has 0 fully saturated rings. The van der Waals surface area contributed by atoms with E-state index >= 15 is 0 Å². The van der Waals surface area contributed by atoms with E-state index in [1.165, 1.54) is 4.88 Å². The van der Waals surface area contributed by atoms with Gasteiger partial charge in [0.1, 0.15) is 17.1 Å². The maximum absolute atomic E-state index is 5.30. The van der Waals surface area contributed by atoms with E-state index in [0.717, 1.165) is 50.1 Å². The molecule has 31 heavy (non-hydrogen) atoms. The van der Waals surface area contributed by atoms with Crippen LogP contribution in [0.2, 0.25) is 0 Å². The van der Waals surface area contributed by atoms with Crippen molar-refractivity contribution in [1.82, 2.24) is 30.1 Å². The Kier molecular flexibility index (Phi) is 4.03. The van der Waals surface area contributed by atoms with Gasteiger partial charge in [-0.25, -0.2) is 9.97 Å². The van der Waals surface area contributed by atoms with Gasteiger partial charge in [0, 0.05) is 50.9 Å². The molecule has 0 amide bonds. The third-order valence-electron chi connectivity index (χ3n) is 5.27. The van der Waals surface area contributed by atoms with Crippen LogP contribution in [0.25, 0.3) is 55.0 Å². The molecule has 0 bridgehead atoms. The molecule has 6 aromatic rings. The molecule has 0 saturated heterocycles. The Balaban J connectivity index is 1.50. The number of ether oxygens (including phenoxy) is 1. The second-order valence-corrected chi connectivity index (χ2v) is 8.03. The quantitative estimate of drug-likeness (QED) is 0.401. The molecule has 2 N–H and O–H groups in total. The summed E-state index contributed by atoms with van der Waals surface area (Å²) in [6.45, 7) is 0. The number of fused-ring (bicyclic) bond motifs is 2. The van der Waals surface area contributed by atoms with E-state index < -0.39 is 0 Å². The van der Waals surface area contributed by atoms with Gasteiger partial charge in [-0.05, 0) is 35.7 Å². The molecular formula is C23H16N6OS. The minimum atomic E-state index is 0.702. The molecule has 0 spiro atoms. The van der Waals surface area contributed by atoms with Crippen LogP contribution >= 0.6 is 11.3 Å². The van der Waals surface area contributed by atoms with Crippen LogP contribution in [0.5, 0.6) is 5.75 Å². The van der Waals surface area contributed by atoms with Gasteiger partial charge >= 0.3 is 0 Å². The second kappa shape index (κ2) is 7.03. The Morgan fingerprint density at radius 2 is 1.87 bits per heavy atom. The second-order valence-electron chi connectivity index (χ2n) is 7.09. The third kappa shape index (κ3) is 2.96. The molecule has 6 rings (SSSR count). The summed E-state index contributed by atoms with van der Waals surface area (Å²) in [6, 6.07) is 12.3. The number of methoxy groups -OCH3 is 1. The molecule has 6 heterocycles. The summed E-state index contributed by atoms with van der Waals surface area (Å²) in [4.78, 5) is 18.0. The fourth-order valence-corrected chi connectivity index (χ4v) is 4.52. The van der Waals surface area contributed by atoms with E-state index in [9.17, 15) is 0 Å². The number of thiophene rings is 1. The molecule has 0 aliphatic carbocycles. The number of aromatic amines is 2. The van der Waals surface area contributed by atoms with Gasteiger partial charge < -0.3 is 9.72 Å². The minimum absolute atomic E-state index is 0.702. The van der Waals surface area contributed by atoms with Crippen molar-refractivity contribution in [3.63, 3.8) is 0 Å². The zero-order chi connectivity index (χ0) is 20.8. The van der Waals surface area contributed by atoms with Crippen molar-refractivity contribution in [2.24, 2.45) is 0 Å². The van der Waals surface area contributed by atoms with Gasteiger partial charge in [0.05, 0.1) is 19.0 Å². The van der Waals surface area contributed by atoms with Crippen molar-refractivity contribution in [3.8, 4) is 38.7 Å². The fraction of sp³-hybridized carbons (Fsp3) is 0.0435. The average Bonchev–Trinajstić information content (AvgIpc) is 3.57. The highest BCUT2D eigenvalue weighted by Crippen LogP contribution is 2.35. The lowest BCUT2D eigenvalue weighted by Crippen LogP contribution is -1.87. The first-order valence-electron chi connectivity index (χ1n) is 9.65. The maximum Gasteiger partial charge on any atom is 0.155 e. The summed E-state index contributed by atoms with van der Waals surface area (Å²) in [6.07, 6.45) is 7.12. The number of nitrogens with one attached hydrogen (secondary N) is 2. The topological polar surface area (TPSA) is 92.4 Å². The number of nitrogens with zero attached hydrogens (tertiary/aromatic N) is 4. The molecule has 7 nitrogen and oxygen atoms in total. The van der Waals surface area contributed by atoms with Crippen LogP contribution in [0.3, 0.4) is 0 Å². The van der Waals surface area contributed by atoms with Crippen molar-refractivity contribution in [2.45, 2.75) is 0 Å². The van der Waals surface area contributed by atoms with Crippen LogP contribution in [0.1, 0.15) is 0 Å². The van der Waals surface area contributed by atoms with Crippen molar-refractivity contribution in [1.29, 1.82) is 0 Å². The first-order valence-corrected chi connectivity index (χ1v) is 10.5. The van der Waals surface area contributed by atoms with E-state index in [2.05, 4.69) is 59.8 Å². The largest absolute Gasteiger partial charge is 0.495 e. The Hall–Kier alpha value is -4.04. The highest BCUT2D eigenvalue weighted by atomic mass is 32.1. The Labute approximate surface area is 180 Å². The molecule has 0 atom stereocenters. The van der Waals surface area contributed by atoms with Crippen LogP contribution in [-0.4, -0.2) is 37.2 Å². The summed E-state index contributed by atoms with van der Waals surface area (Å²) < 4.78 is 5.30. The highest BCUT2D eigenvalue weighted by molar-refractivity contribution is 7.13. The lowest BCUT2D eigenvalue weighted by atomic mass is 10.1. The lowest BCUT2D eigenvalue weighted by Gasteiger charge is -2.04. The smallest absolute Gasteiger partial charge is 0.155 e. The molecule has 150 valence electrons. The molecule has 0 aromatic carbocycles. The molecule has 0 aliphatic heterocycles. The number of pyridine rings is 3. The van der Waals surface area contributed by atoms with Crippen molar-refractivity contribution in [3.05, 3.63) is 66.6 Å². The first-order chi connectivity index (χ1) is 15.3. The number of hydrogen-bond donors (Lipinski definition) is 2. The minimum Gasteiger partial charge on any atom is -0.495 e. The Bertz CT molecular complexity index is 1530. The Morgan fingerprint density at radius 1 is 0.935 bits per heavy atom. The zero-order valence-corrected chi connectivity index (χ0v) is 17.3. The van der Waals surface area contributed by atoms with E-state index in [4.69, 9.17) is 4.74 Å². The predicted octanol–water partition coefficient (Wildman–Crippen LogP) is 5.30. The normalized spacial score (nSPS) is 11.4. The summed E-state index contributed by atoms with van der Waals surface area (Å²) in [5.74, 6) is 0.702. The number of hydrogen-bond acceptors (Lipinski definition) is 6. The standard InChI is InChI=1S/C23H16N6OS/c1-30-15-7-13(10-24-12-15)14-8-18-21(28-29-23(18)26-11-14)19-9-17-16(20-3-2-6-31-20)4-5-25-22(17)27-19/h2-12H,1H3,(H,25,27)(H,26,28,29). The van der Waals surface area contributed by atoms with Gasteiger partial charge in [-0.15, -0.1) is 11.3 Å². The monoisotopic (exact) mass is 424 g/mol. The van der Waals surface area contributed by atoms with E-state index in [0.29, 0.717) is 5.75 Å². The third-order valence-corrected chi connectivity index (χ3v) is 6.18. The summed E-state index contributed by atoms with van der Waals surface area (Å²) in [7, 11) is 1.63. The fourth-order valence-electron chi connectivity index (χ4n) is 3.76. The van der Waals surface area contributed by atoms with Gasteiger partial charge in [0.2, 0.25) is 0 Å². The van der Waals surface area contributed by atoms with E-state index in [1.54, 1.807) is 30.8 Å². The summed E-state index contributed by atoms with van der Waals surface area (Å²) in [5, 5.41) is 11.6. The summed E-state index contributed by atoms with van der Waals surface area (Å²) >= 11 is 1.71. The number of rotatable bonds is 4. The van der Waals surface area contributed by atoms with Gasteiger partial charge in [0.15, 0.2) is 5.65 Å². The van der Waals surface area contributed by atoms with Crippen LogP contribution in [0, 0.1) is 0 Å². The van der Waals surface area contributed by atoms with Crippen LogP contribution in [0.15, 0.2) is 66.6 Å². The van der Waals surface area contributed by atoms with E-state index in [1.807, 2.05) is 24.5 Å². The summed E-state index contributed by atoms with van der Waals surface area (Å²) in [5.41, 5.74) is 6.27. The lowest BCUT2D eigenvalue weighted by molar-refractivity contribution is 0.413. The molecule has 6 aromatic heterocycles. The van der Waals surface area contributed by atoms with Gasteiger partial charge in [0.25, 0.3) is 0 Å². The average molecular weight is 424 g/mol. The molecule has 0 aliphatic rings. The first kappa shape index (κ1) is 17.8. The van der Waals surface area contributed by atoms with Gasteiger partial charge in [-0.3, -0.25) is 10.1 Å².